The summed E-state index contributed by atoms with van der Waals surface area (Å²) in [4.78, 5) is 0. The molecule has 125 valence electrons. The van der Waals surface area contributed by atoms with E-state index in [0.717, 1.165) is 25.0 Å². The van der Waals surface area contributed by atoms with Crippen molar-refractivity contribution in [3.63, 3.8) is 0 Å². The molecular formula is C21H35O. The third-order valence-electron chi connectivity index (χ3n) is 5.14. The highest BCUT2D eigenvalue weighted by molar-refractivity contribution is 5.44. The Hall–Kier alpha value is -0.980. The van der Waals surface area contributed by atoms with Crippen LogP contribution in [0.15, 0.2) is 18.2 Å². The fourth-order valence-electron chi connectivity index (χ4n) is 2.41. The predicted octanol–water partition coefficient (Wildman–Crippen LogP) is 6.79. The van der Waals surface area contributed by atoms with Gasteiger partial charge in [0, 0.05) is 5.56 Å². The molecule has 22 heavy (non-hydrogen) atoms. The van der Waals surface area contributed by atoms with Gasteiger partial charge in [0.1, 0.15) is 12.4 Å². The molecule has 1 aromatic rings. The zero-order chi connectivity index (χ0) is 16.8. The zero-order valence-corrected chi connectivity index (χ0v) is 15.8. The highest BCUT2D eigenvalue weighted by Gasteiger charge is 2.26. The maximum atomic E-state index is 6.00. The summed E-state index contributed by atoms with van der Waals surface area (Å²) in [6.07, 6.45) is 5.66. The van der Waals surface area contributed by atoms with Crippen LogP contribution in [-0.2, 0) is 10.8 Å². The number of rotatable bonds is 9. The van der Waals surface area contributed by atoms with Gasteiger partial charge in [0.15, 0.2) is 0 Å². The summed E-state index contributed by atoms with van der Waals surface area (Å²) >= 11 is 0. The molecule has 0 atom stereocenters. The first-order valence-electron chi connectivity index (χ1n) is 8.91. The molecule has 0 unspecified atom stereocenters. The number of hydrogen-bond acceptors (Lipinski definition) is 1. The van der Waals surface area contributed by atoms with Crippen molar-refractivity contribution in [1.82, 2.24) is 0 Å². The van der Waals surface area contributed by atoms with Crippen molar-refractivity contribution in [2.45, 2.75) is 91.4 Å². The first-order chi connectivity index (χ1) is 10.3. The molecule has 0 fully saturated rings. The van der Waals surface area contributed by atoms with Crippen molar-refractivity contribution in [1.29, 1.82) is 0 Å². The lowest BCUT2D eigenvalue weighted by Crippen LogP contribution is -2.21. The smallest absolute Gasteiger partial charge is 0.135 e. The fraction of sp³-hybridized carbons (Fsp3) is 0.667. The second-order valence-corrected chi connectivity index (χ2v) is 7.61. The summed E-state index contributed by atoms with van der Waals surface area (Å²) in [5.74, 6) is 1.03. The third kappa shape index (κ3) is 4.76. The topological polar surface area (TPSA) is 9.23 Å². The van der Waals surface area contributed by atoms with Crippen molar-refractivity contribution >= 4 is 0 Å². The van der Waals surface area contributed by atoms with Crippen LogP contribution in [-0.4, -0.2) is 0 Å². The predicted molar refractivity (Wildman–Crippen MR) is 97.5 cm³/mol. The quantitative estimate of drug-likeness (QED) is 0.456. The van der Waals surface area contributed by atoms with Gasteiger partial charge in [0.2, 0.25) is 0 Å². The van der Waals surface area contributed by atoms with E-state index >= 15 is 0 Å². The molecule has 1 radical (unpaired) electrons. The largest absolute Gasteiger partial charge is 0.486 e. The van der Waals surface area contributed by atoms with Crippen LogP contribution in [0.4, 0.5) is 0 Å². The Morgan fingerprint density at radius 3 is 2.14 bits per heavy atom. The monoisotopic (exact) mass is 303 g/mol. The standard InChI is InChI=1S/C21H35O/c1-8-11-12-15-22-19-14-13-17(20(4,5)9-2)16-18(19)21(6,7)10-3/h13-16H,8-12H2,1-7H3. The van der Waals surface area contributed by atoms with Gasteiger partial charge in [-0.25, -0.2) is 0 Å². The van der Waals surface area contributed by atoms with Crippen LogP contribution >= 0.6 is 0 Å². The molecule has 0 aliphatic heterocycles. The molecule has 1 rings (SSSR count). The second-order valence-electron chi connectivity index (χ2n) is 7.61. The molecule has 0 spiro atoms. The van der Waals surface area contributed by atoms with Gasteiger partial charge in [0.25, 0.3) is 0 Å². The maximum absolute atomic E-state index is 6.00. The molecule has 0 aliphatic rings. The summed E-state index contributed by atoms with van der Waals surface area (Å²) < 4.78 is 6.00. The summed E-state index contributed by atoms with van der Waals surface area (Å²) in [7, 11) is 0. The van der Waals surface area contributed by atoms with Crippen molar-refractivity contribution in [3.05, 3.63) is 35.9 Å². The Kier molecular flexibility index (Phi) is 6.97. The van der Waals surface area contributed by atoms with Gasteiger partial charge in [-0.15, -0.1) is 0 Å². The molecule has 0 amide bonds. The van der Waals surface area contributed by atoms with E-state index in [1.54, 1.807) is 0 Å². The molecule has 1 nitrogen and oxygen atoms in total. The summed E-state index contributed by atoms with van der Waals surface area (Å²) in [6, 6.07) is 6.78. The summed E-state index contributed by atoms with van der Waals surface area (Å²) in [5.41, 5.74) is 3.09. The van der Waals surface area contributed by atoms with Crippen LogP contribution in [0, 0.1) is 6.61 Å². The molecular weight excluding hydrogens is 268 g/mol. The van der Waals surface area contributed by atoms with Crippen LogP contribution in [0.3, 0.4) is 0 Å². The van der Waals surface area contributed by atoms with Crippen LogP contribution in [0.25, 0.3) is 0 Å². The van der Waals surface area contributed by atoms with Gasteiger partial charge in [-0.2, -0.15) is 0 Å². The van der Waals surface area contributed by atoms with E-state index in [9.17, 15) is 0 Å². The van der Waals surface area contributed by atoms with Gasteiger partial charge in [-0.05, 0) is 48.1 Å². The van der Waals surface area contributed by atoms with E-state index in [-0.39, 0.29) is 10.8 Å². The Balaban J connectivity index is 3.11. The van der Waals surface area contributed by atoms with E-state index in [2.05, 4.69) is 66.7 Å². The number of benzene rings is 1. The molecule has 0 bridgehead atoms. The van der Waals surface area contributed by atoms with Gasteiger partial charge >= 0.3 is 0 Å². The van der Waals surface area contributed by atoms with E-state index in [0.29, 0.717) is 0 Å². The normalized spacial score (nSPS) is 12.5. The van der Waals surface area contributed by atoms with E-state index < -0.39 is 0 Å². The van der Waals surface area contributed by atoms with Gasteiger partial charge in [-0.3, -0.25) is 0 Å². The van der Waals surface area contributed by atoms with Crippen LogP contribution < -0.4 is 4.74 Å². The first kappa shape index (κ1) is 19.1. The molecule has 0 saturated carbocycles. The minimum Gasteiger partial charge on any atom is -0.486 e. The molecule has 1 heteroatoms. The Labute approximate surface area is 138 Å². The van der Waals surface area contributed by atoms with E-state index in [4.69, 9.17) is 4.74 Å². The molecule has 0 saturated heterocycles. The Bertz CT molecular complexity index is 457. The summed E-state index contributed by atoms with van der Waals surface area (Å²) in [5, 5.41) is 0. The lowest BCUT2D eigenvalue weighted by molar-refractivity contribution is 0.366. The zero-order valence-electron chi connectivity index (χ0n) is 15.8. The highest BCUT2D eigenvalue weighted by atomic mass is 16.5. The van der Waals surface area contributed by atoms with Crippen molar-refractivity contribution in [2.24, 2.45) is 0 Å². The van der Waals surface area contributed by atoms with Crippen LogP contribution in [0.2, 0.25) is 0 Å². The first-order valence-corrected chi connectivity index (χ1v) is 8.91. The molecule has 0 aromatic heterocycles. The van der Waals surface area contributed by atoms with Gasteiger partial charge in [0.05, 0.1) is 0 Å². The van der Waals surface area contributed by atoms with Crippen molar-refractivity contribution in [3.8, 4) is 5.75 Å². The number of hydrogen-bond donors (Lipinski definition) is 0. The highest BCUT2D eigenvalue weighted by Crippen LogP contribution is 2.38. The third-order valence-corrected chi connectivity index (χ3v) is 5.14. The minimum atomic E-state index is 0.133. The molecule has 0 heterocycles. The second kappa shape index (κ2) is 8.04. The van der Waals surface area contributed by atoms with Crippen LogP contribution in [0.5, 0.6) is 5.75 Å². The maximum Gasteiger partial charge on any atom is 0.135 e. The SMILES string of the molecule is CCCC[CH]Oc1ccc(C(C)(C)CC)cc1C(C)(C)CC. The molecule has 0 N–H and O–H groups in total. The minimum absolute atomic E-state index is 0.133. The summed E-state index contributed by atoms with van der Waals surface area (Å²) in [6.45, 7) is 17.9. The van der Waals surface area contributed by atoms with Crippen molar-refractivity contribution < 1.29 is 4.74 Å². The van der Waals surface area contributed by atoms with Crippen LogP contribution in [0.1, 0.15) is 91.7 Å². The van der Waals surface area contributed by atoms with E-state index in [1.807, 2.05) is 6.61 Å². The van der Waals surface area contributed by atoms with Crippen molar-refractivity contribution in [2.75, 3.05) is 0 Å². The average molecular weight is 304 g/mol. The number of ether oxygens (including phenoxy) is 1. The fourth-order valence-corrected chi connectivity index (χ4v) is 2.41. The Morgan fingerprint density at radius 2 is 1.59 bits per heavy atom. The van der Waals surface area contributed by atoms with Gasteiger partial charge < -0.3 is 4.74 Å². The lowest BCUT2D eigenvalue weighted by atomic mass is 9.76. The molecule has 0 aliphatic carbocycles. The average Bonchev–Trinajstić information content (AvgIpc) is 2.51. The molecule has 1 aromatic carbocycles. The number of unbranched alkanes of at least 4 members (excludes halogenated alkanes) is 2. The van der Waals surface area contributed by atoms with E-state index in [1.165, 1.54) is 24.0 Å². The Morgan fingerprint density at radius 1 is 0.955 bits per heavy atom. The lowest BCUT2D eigenvalue weighted by Gasteiger charge is -2.30. The van der Waals surface area contributed by atoms with Gasteiger partial charge in [-0.1, -0.05) is 67.0 Å².